The van der Waals surface area contributed by atoms with Crippen LogP contribution in [0.2, 0.25) is 0 Å². The van der Waals surface area contributed by atoms with Gasteiger partial charge >= 0.3 is 0 Å². The van der Waals surface area contributed by atoms with Crippen molar-refractivity contribution < 1.29 is 0 Å². The smallest absolute Gasteiger partial charge is 0.139 e. The maximum absolute atomic E-state index is 4.41. The number of hydrogen-bond acceptors (Lipinski definition) is 4. The average Bonchev–Trinajstić information content (AvgIpc) is 2.43. The summed E-state index contributed by atoms with van der Waals surface area (Å²) in [7, 11) is 1.88. The van der Waals surface area contributed by atoms with E-state index in [4.69, 9.17) is 0 Å². The quantitative estimate of drug-likeness (QED) is 0.881. The lowest BCUT2D eigenvalue weighted by molar-refractivity contribution is 0.852. The number of rotatable bonds is 4. The molecule has 0 bridgehead atoms. The molecule has 0 saturated heterocycles. The van der Waals surface area contributed by atoms with Gasteiger partial charge in [-0.25, -0.2) is 9.97 Å². The van der Waals surface area contributed by atoms with E-state index in [1.165, 1.54) is 11.1 Å². The van der Waals surface area contributed by atoms with Gasteiger partial charge in [0.15, 0.2) is 0 Å². The SMILES string of the molecule is CNc1ncnc(Nc2cccc(C)c2C)c1C(C)C. The van der Waals surface area contributed by atoms with Crippen LogP contribution in [0.4, 0.5) is 17.3 Å². The van der Waals surface area contributed by atoms with Gasteiger partial charge in [0.25, 0.3) is 0 Å². The Labute approximate surface area is 120 Å². The largest absolute Gasteiger partial charge is 0.373 e. The molecule has 0 aliphatic rings. The van der Waals surface area contributed by atoms with Crippen LogP contribution in [-0.2, 0) is 0 Å². The van der Waals surface area contributed by atoms with Gasteiger partial charge in [0.05, 0.1) is 0 Å². The number of hydrogen-bond donors (Lipinski definition) is 2. The second-order valence-electron chi connectivity index (χ2n) is 5.26. The molecular formula is C16H22N4. The average molecular weight is 270 g/mol. The first kappa shape index (κ1) is 14.3. The van der Waals surface area contributed by atoms with Crippen molar-refractivity contribution in [2.75, 3.05) is 17.7 Å². The van der Waals surface area contributed by atoms with Gasteiger partial charge in [-0.2, -0.15) is 0 Å². The van der Waals surface area contributed by atoms with E-state index in [1.54, 1.807) is 6.33 Å². The Balaban J connectivity index is 2.46. The molecule has 2 rings (SSSR count). The van der Waals surface area contributed by atoms with Gasteiger partial charge in [0.1, 0.15) is 18.0 Å². The zero-order valence-corrected chi connectivity index (χ0v) is 12.8. The fourth-order valence-corrected chi connectivity index (χ4v) is 2.26. The Morgan fingerprint density at radius 3 is 2.40 bits per heavy atom. The molecule has 0 radical (unpaired) electrons. The number of nitrogens with one attached hydrogen (secondary N) is 2. The van der Waals surface area contributed by atoms with Crippen LogP contribution in [0.1, 0.15) is 36.5 Å². The highest BCUT2D eigenvalue weighted by Gasteiger charge is 2.15. The molecule has 0 fully saturated rings. The maximum atomic E-state index is 4.41. The molecule has 2 aromatic rings. The zero-order valence-electron chi connectivity index (χ0n) is 12.8. The second-order valence-corrected chi connectivity index (χ2v) is 5.26. The minimum absolute atomic E-state index is 0.339. The lowest BCUT2D eigenvalue weighted by Crippen LogP contribution is -2.07. The van der Waals surface area contributed by atoms with Crippen molar-refractivity contribution in [1.82, 2.24) is 9.97 Å². The monoisotopic (exact) mass is 270 g/mol. The predicted molar refractivity (Wildman–Crippen MR) is 84.9 cm³/mol. The highest BCUT2D eigenvalue weighted by atomic mass is 15.1. The fraction of sp³-hybridized carbons (Fsp3) is 0.375. The highest BCUT2D eigenvalue weighted by Crippen LogP contribution is 2.31. The van der Waals surface area contributed by atoms with Crippen LogP contribution in [0, 0.1) is 13.8 Å². The highest BCUT2D eigenvalue weighted by molar-refractivity contribution is 5.68. The minimum Gasteiger partial charge on any atom is -0.373 e. The van der Waals surface area contributed by atoms with Crippen LogP contribution >= 0.6 is 0 Å². The molecule has 0 aliphatic carbocycles. The first-order valence-corrected chi connectivity index (χ1v) is 6.90. The molecule has 4 nitrogen and oxygen atoms in total. The number of aromatic nitrogens is 2. The van der Waals surface area contributed by atoms with Crippen LogP contribution in [0.15, 0.2) is 24.5 Å². The summed E-state index contributed by atoms with van der Waals surface area (Å²) in [6.07, 6.45) is 1.59. The lowest BCUT2D eigenvalue weighted by atomic mass is 10.0. The third kappa shape index (κ3) is 2.74. The third-order valence-electron chi connectivity index (χ3n) is 3.56. The van der Waals surface area contributed by atoms with E-state index in [2.05, 4.69) is 66.5 Å². The van der Waals surface area contributed by atoms with Crippen molar-refractivity contribution in [2.24, 2.45) is 0 Å². The van der Waals surface area contributed by atoms with Crippen molar-refractivity contribution in [3.63, 3.8) is 0 Å². The number of aryl methyl sites for hydroxylation is 1. The summed E-state index contributed by atoms with van der Waals surface area (Å²) >= 11 is 0. The molecule has 0 aliphatic heterocycles. The molecule has 20 heavy (non-hydrogen) atoms. The first-order valence-electron chi connectivity index (χ1n) is 6.90. The Hall–Kier alpha value is -2.10. The molecule has 0 atom stereocenters. The van der Waals surface area contributed by atoms with Gasteiger partial charge in [-0.05, 0) is 37.0 Å². The van der Waals surface area contributed by atoms with Crippen LogP contribution < -0.4 is 10.6 Å². The van der Waals surface area contributed by atoms with Crippen LogP contribution in [0.3, 0.4) is 0 Å². The molecule has 0 unspecified atom stereocenters. The standard InChI is InChI=1S/C16H22N4/c1-10(2)14-15(17-5)18-9-19-16(14)20-13-8-6-7-11(3)12(13)4/h6-10H,1-5H3,(H2,17,18,19,20). The molecule has 1 aromatic carbocycles. The number of benzene rings is 1. The molecule has 0 spiro atoms. The van der Waals surface area contributed by atoms with Gasteiger partial charge in [0.2, 0.25) is 0 Å². The van der Waals surface area contributed by atoms with E-state index in [1.807, 2.05) is 7.05 Å². The summed E-state index contributed by atoms with van der Waals surface area (Å²) < 4.78 is 0. The maximum Gasteiger partial charge on any atom is 0.139 e. The van der Waals surface area contributed by atoms with Crippen molar-refractivity contribution in [3.8, 4) is 0 Å². The summed E-state index contributed by atoms with van der Waals surface area (Å²) in [5.74, 6) is 2.09. The first-order chi connectivity index (χ1) is 9.54. The molecule has 106 valence electrons. The normalized spacial score (nSPS) is 10.7. The molecule has 0 saturated carbocycles. The van der Waals surface area contributed by atoms with Gasteiger partial charge in [-0.15, -0.1) is 0 Å². The van der Waals surface area contributed by atoms with E-state index < -0.39 is 0 Å². The fourth-order valence-electron chi connectivity index (χ4n) is 2.26. The molecule has 4 heteroatoms. The van der Waals surface area contributed by atoms with Crippen LogP contribution in [0.5, 0.6) is 0 Å². The topological polar surface area (TPSA) is 49.8 Å². The minimum atomic E-state index is 0.339. The van der Waals surface area contributed by atoms with E-state index in [0.29, 0.717) is 5.92 Å². The van der Waals surface area contributed by atoms with Crippen LogP contribution in [0.25, 0.3) is 0 Å². The second kappa shape index (κ2) is 5.90. The van der Waals surface area contributed by atoms with Crippen molar-refractivity contribution >= 4 is 17.3 Å². The number of nitrogens with zero attached hydrogens (tertiary/aromatic N) is 2. The van der Waals surface area contributed by atoms with E-state index in [9.17, 15) is 0 Å². The van der Waals surface area contributed by atoms with Gasteiger partial charge in [-0.3, -0.25) is 0 Å². The van der Waals surface area contributed by atoms with Crippen molar-refractivity contribution in [3.05, 3.63) is 41.2 Å². The Morgan fingerprint density at radius 2 is 1.75 bits per heavy atom. The van der Waals surface area contributed by atoms with Crippen molar-refractivity contribution in [1.29, 1.82) is 0 Å². The van der Waals surface area contributed by atoms with Crippen molar-refractivity contribution in [2.45, 2.75) is 33.6 Å². The van der Waals surface area contributed by atoms with Crippen LogP contribution in [-0.4, -0.2) is 17.0 Å². The summed E-state index contributed by atoms with van der Waals surface area (Å²) in [6.45, 7) is 8.53. The number of anilines is 3. The summed E-state index contributed by atoms with van der Waals surface area (Å²) in [6, 6.07) is 6.25. The zero-order chi connectivity index (χ0) is 14.7. The molecule has 2 N–H and O–H groups in total. The summed E-state index contributed by atoms with van der Waals surface area (Å²) in [4.78, 5) is 8.71. The van der Waals surface area contributed by atoms with E-state index in [0.717, 1.165) is 22.9 Å². The van der Waals surface area contributed by atoms with Gasteiger partial charge < -0.3 is 10.6 Å². The van der Waals surface area contributed by atoms with E-state index >= 15 is 0 Å². The third-order valence-corrected chi connectivity index (χ3v) is 3.56. The molecular weight excluding hydrogens is 248 g/mol. The summed E-state index contributed by atoms with van der Waals surface area (Å²) in [5, 5.41) is 6.58. The van der Waals surface area contributed by atoms with E-state index in [-0.39, 0.29) is 0 Å². The van der Waals surface area contributed by atoms with Gasteiger partial charge in [-0.1, -0.05) is 26.0 Å². The lowest BCUT2D eigenvalue weighted by Gasteiger charge is -2.18. The van der Waals surface area contributed by atoms with Gasteiger partial charge in [0, 0.05) is 18.3 Å². The molecule has 1 heterocycles. The molecule has 0 amide bonds. The Morgan fingerprint density at radius 1 is 1.05 bits per heavy atom. The Bertz CT molecular complexity index is 605. The Kier molecular flexibility index (Phi) is 4.23. The summed E-state index contributed by atoms with van der Waals surface area (Å²) in [5.41, 5.74) is 4.71. The predicted octanol–water partition coefficient (Wildman–Crippen LogP) is 4.00. The molecule has 1 aromatic heterocycles.